The molecule has 1 unspecified atom stereocenters. The summed E-state index contributed by atoms with van der Waals surface area (Å²) in [6, 6.07) is 14.9. The highest BCUT2D eigenvalue weighted by Crippen LogP contribution is 2.44. The number of ether oxygens (including phenoxy) is 3. The number of hydrogen-bond donors (Lipinski definition) is 1. The van der Waals surface area contributed by atoms with Gasteiger partial charge in [0.1, 0.15) is 5.75 Å². The fourth-order valence-corrected chi connectivity index (χ4v) is 6.64. The number of fused-ring (bicyclic) bond motifs is 8. The summed E-state index contributed by atoms with van der Waals surface area (Å²) in [5.41, 5.74) is 2.99. The highest BCUT2D eigenvalue weighted by Gasteiger charge is 2.40. The number of furan rings is 1. The molecule has 0 spiro atoms. The van der Waals surface area contributed by atoms with Crippen LogP contribution in [0.3, 0.4) is 0 Å². The third kappa shape index (κ3) is 5.27. The maximum atomic E-state index is 14.1. The van der Waals surface area contributed by atoms with Crippen molar-refractivity contribution in [3.05, 3.63) is 77.0 Å². The average Bonchev–Trinajstić information content (AvgIpc) is 3.64. The van der Waals surface area contributed by atoms with Gasteiger partial charge in [0.25, 0.3) is 15.9 Å². The monoisotopic (exact) mass is 579 g/mol. The molecule has 7 rings (SSSR count). The predicted molar refractivity (Wildman–Crippen MR) is 146 cm³/mol. The Labute approximate surface area is 237 Å². The largest absolute Gasteiger partial charge is 0.494 e. The fourth-order valence-electron chi connectivity index (χ4n) is 5.13. The van der Waals surface area contributed by atoms with Crippen molar-refractivity contribution in [1.29, 1.82) is 0 Å². The number of methoxy groups -OCH3 is 1. The van der Waals surface area contributed by atoms with Gasteiger partial charge in [-0.3, -0.25) is 4.79 Å². The number of rotatable bonds is 4. The van der Waals surface area contributed by atoms with Crippen LogP contribution in [0.5, 0.6) is 17.2 Å². The third-order valence-electron chi connectivity index (χ3n) is 7.07. The number of hydrogen-bond acceptors (Lipinski definition) is 9. The minimum absolute atomic E-state index is 0.175. The van der Waals surface area contributed by atoms with Crippen LogP contribution in [-0.2, 0) is 21.2 Å². The number of sulfonamides is 1. The highest BCUT2D eigenvalue weighted by atomic mass is 32.2. The topological polar surface area (TPSA) is 133 Å². The van der Waals surface area contributed by atoms with Crippen LogP contribution in [0, 0.1) is 6.92 Å². The number of carbonyl (C=O) groups excluding carboxylic acids is 1. The lowest BCUT2D eigenvalue weighted by Gasteiger charge is -2.36. The zero-order chi connectivity index (χ0) is 28.6. The third-order valence-corrected chi connectivity index (χ3v) is 8.81. The Morgan fingerprint density at radius 1 is 1.07 bits per heavy atom. The van der Waals surface area contributed by atoms with E-state index >= 15 is 0 Å². The summed E-state index contributed by atoms with van der Waals surface area (Å²) in [5.74, 6) is 1.75. The van der Waals surface area contributed by atoms with Crippen molar-refractivity contribution in [1.82, 2.24) is 14.8 Å². The molecule has 2 aromatic heterocycles. The van der Waals surface area contributed by atoms with Gasteiger partial charge in [0.15, 0.2) is 23.9 Å². The van der Waals surface area contributed by atoms with Gasteiger partial charge in [0, 0.05) is 19.2 Å². The highest BCUT2D eigenvalue weighted by molar-refractivity contribution is 7.89. The maximum absolute atomic E-state index is 14.1. The maximum Gasteiger partial charge on any atom is 0.277 e. The molecule has 0 fully saturated rings. The second kappa shape index (κ2) is 10.9. The van der Waals surface area contributed by atoms with Crippen molar-refractivity contribution in [3.63, 3.8) is 0 Å². The summed E-state index contributed by atoms with van der Waals surface area (Å²) in [6.45, 7) is 2.57. The van der Waals surface area contributed by atoms with Crippen LogP contribution in [0.25, 0.3) is 11.5 Å². The van der Waals surface area contributed by atoms with E-state index in [-0.39, 0.29) is 29.9 Å². The van der Waals surface area contributed by atoms with E-state index in [4.69, 9.17) is 23.2 Å². The van der Waals surface area contributed by atoms with Gasteiger partial charge < -0.3 is 28.5 Å². The second-order valence-corrected chi connectivity index (χ2v) is 11.7. The van der Waals surface area contributed by atoms with E-state index in [2.05, 4.69) is 10.5 Å². The van der Waals surface area contributed by atoms with Crippen molar-refractivity contribution in [3.8, 4) is 28.8 Å². The van der Waals surface area contributed by atoms with Gasteiger partial charge in [0.05, 0.1) is 25.5 Å². The van der Waals surface area contributed by atoms with Crippen LogP contribution < -0.4 is 19.5 Å². The van der Waals surface area contributed by atoms with E-state index in [1.165, 1.54) is 17.5 Å². The zero-order valence-electron chi connectivity index (χ0n) is 22.6. The SMILES string of the molecule is COc1cc2c3cc1OCC(=O)NCCCOc1cccc(c1)C2N(S(=O)(=O)c1ccc(-c2cc(C)no2)o1)CC3. The van der Waals surface area contributed by atoms with Crippen molar-refractivity contribution < 1.29 is 36.4 Å². The minimum Gasteiger partial charge on any atom is -0.494 e. The van der Waals surface area contributed by atoms with E-state index in [1.807, 2.05) is 30.3 Å². The molecule has 0 aliphatic carbocycles. The standard InChI is InChI=1S/C29H29N3O8S/c1-18-13-26(40-31-18)23-7-8-28(39-23)41(34,35)32-11-9-19-15-25-24(36-2)16-22(19)29(32)20-5-3-6-21(14-20)37-12-4-10-30-27(33)17-38-25/h3,5-8,13-16,29H,4,9-12,17H2,1-2H3,(H,30,33). The number of aryl methyl sites for hydroxylation is 1. The molecule has 1 amide bonds. The molecule has 12 heteroatoms. The van der Waals surface area contributed by atoms with Gasteiger partial charge in [0.2, 0.25) is 10.9 Å². The molecule has 3 aliphatic heterocycles. The lowest BCUT2D eigenvalue weighted by molar-refractivity contribution is -0.123. The zero-order valence-corrected chi connectivity index (χ0v) is 23.4. The first-order valence-electron chi connectivity index (χ1n) is 13.2. The van der Waals surface area contributed by atoms with E-state index in [0.717, 1.165) is 16.7 Å². The normalized spacial score (nSPS) is 17.9. The molecule has 0 saturated carbocycles. The Kier molecular flexibility index (Phi) is 7.18. The molecule has 0 radical (unpaired) electrons. The molecule has 214 valence electrons. The Morgan fingerprint density at radius 2 is 1.95 bits per heavy atom. The fraction of sp³-hybridized carbons (Fsp3) is 0.310. The predicted octanol–water partition coefficient (Wildman–Crippen LogP) is 3.87. The number of carbonyl (C=O) groups is 1. The quantitative estimate of drug-likeness (QED) is 0.383. The molecule has 3 aliphatic rings. The molecule has 1 atom stereocenters. The molecule has 41 heavy (non-hydrogen) atoms. The summed E-state index contributed by atoms with van der Waals surface area (Å²) in [7, 11) is -2.61. The smallest absolute Gasteiger partial charge is 0.277 e. The van der Waals surface area contributed by atoms with Crippen LogP contribution >= 0.6 is 0 Å². The molecular formula is C29H29N3O8S. The molecular weight excluding hydrogens is 550 g/mol. The minimum atomic E-state index is -4.12. The number of nitrogens with zero attached hydrogens (tertiary/aromatic N) is 2. The lowest BCUT2D eigenvalue weighted by Crippen LogP contribution is -2.40. The summed E-state index contributed by atoms with van der Waals surface area (Å²) >= 11 is 0. The van der Waals surface area contributed by atoms with Crippen LogP contribution in [-0.4, -0.2) is 57.2 Å². The Bertz CT molecular complexity index is 1690. The number of amides is 1. The molecule has 11 nitrogen and oxygen atoms in total. The van der Waals surface area contributed by atoms with Crippen LogP contribution in [0.15, 0.2) is 68.6 Å². The Hall–Kier alpha value is -4.29. The van der Waals surface area contributed by atoms with Crippen LogP contribution in [0.1, 0.15) is 34.8 Å². The van der Waals surface area contributed by atoms with Crippen molar-refractivity contribution in [2.24, 2.45) is 0 Å². The van der Waals surface area contributed by atoms with Crippen LogP contribution in [0.4, 0.5) is 0 Å². The van der Waals surface area contributed by atoms with E-state index in [9.17, 15) is 13.2 Å². The van der Waals surface area contributed by atoms with Gasteiger partial charge in [-0.05, 0) is 72.9 Å². The molecule has 0 saturated heterocycles. The van der Waals surface area contributed by atoms with Gasteiger partial charge in [-0.1, -0.05) is 17.3 Å². The molecule has 2 aromatic carbocycles. The second-order valence-electron chi connectivity index (χ2n) is 9.83. The van der Waals surface area contributed by atoms with E-state index in [0.29, 0.717) is 54.7 Å². The van der Waals surface area contributed by atoms with Gasteiger partial charge in [-0.15, -0.1) is 0 Å². The van der Waals surface area contributed by atoms with Crippen molar-refractivity contribution >= 4 is 15.9 Å². The van der Waals surface area contributed by atoms with Gasteiger partial charge in [-0.2, -0.15) is 4.31 Å². The number of aromatic nitrogens is 1. The number of nitrogens with one attached hydrogen (secondary N) is 1. The Morgan fingerprint density at radius 3 is 2.76 bits per heavy atom. The summed E-state index contributed by atoms with van der Waals surface area (Å²) in [5, 5.41) is 6.47. The molecule has 4 aromatic rings. The van der Waals surface area contributed by atoms with Gasteiger partial charge in [-0.25, -0.2) is 8.42 Å². The van der Waals surface area contributed by atoms with E-state index < -0.39 is 16.1 Å². The summed E-state index contributed by atoms with van der Waals surface area (Å²) in [6.07, 6.45) is 0.995. The molecule has 5 heterocycles. The summed E-state index contributed by atoms with van der Waals surface area (Å²) in [4.78, 5) is 12.3. The lowest BCUT2D eigenvalue weighted by atomic mass is 9.89. The summed E-state index contributed by atoms with van der Waals surface area (Å²) < 4.78 is 58.2. The van der Waals surface area contributed by atoms with Gasteiger partial charge >= 0.3 is 0 Å². The molecule has 6 bridgehead atoms. The molecule has 1 N–H and O–H groups in total. The first-order chi connectivity index (χ1) is 19.8. The van der Waals surface area contributed by atoms with Crippen molar-refractivity contribution in [2.45, 2.75) is 30.9 Å². The number of benzene rings is 2. The Balaban J connectivity index is 1.46. The van der Waals surface area contributed by atoms with Crippen molar-refractivity contribution in [2.75, 3.05) is 33.4 Å². The average molecular weight is 580 g/mol. The first-order valence-corrected chi connectivity index (χ1v) is 14.7. The van der Waals surface area contributed by atoms with E-state index in [1.54, 1.807) is 25.1 Å². The van der Waals surface area contributed by atoms with Crippen LogP contribution in [0.2, 0.25) is 0 Å². The first kappa shape index (κ1) is 26.9.